The fourth-order valence-electron chi connectivity index (χ4n) is 6.97. The van der Waals surface area contributed by atoms with Gasteiger partial charge in [0, 0.05) is 60.9 Å². The van der Waals surface area contributed by atoms with Crippen LogP contribution < -0.4 is 0 Å². The van der Waals surface area contributed by atoms with Crippen LogP contribution in [0, 0.1) is 0 Å². The predicted molar refractivity (Wildman–Crippen MR) is 210 cm³/mol. The lowest BCUT2D eigenvalue weighted by atomic mass is 9.96. The van der Waals surface area contributed by atoms with Gasteiger partial charge in [0.2, 0.25) is 0 Å². The molecule has 52 heavy (non-hydrogen) atoms. The minimum Gasteiger partial charge on any atom is -0.253 e. The van der Waals surface area contributed by atoms with Crippen LogP contribution in [0.4, 0.5) is 0 Å². The second-order valence-corrected chi connectivity index (χ2v) is 12.7. The van der Waals surface area contributed by atoms with E-state index in [9.17, 15) is 0 Å². The number of hydrogen-bond donors (Lipinski definition) is 0. The fraction of sp³-hybridized carbons (Fsp3) is 0. The first-order valence-corrected chi connectivity index (χ1v) is 17.2. The summed E-state index contributed by atoms with van der Waals surface area (Å²) >= 11 is 0. The molecule has 0 unspecified atom stereocenters. The van der Waals surface area contributed by atoms with Crippen molar-refractivity contribution in [1.29, 1.82) is 0 Å². The van der Waals surface area contributed by atoms with E-state index in [4.69, 9.17) is 29.9 Å². The average Bonchev–Trinajstić information content (AvgIpc) is 3.23. The summed E-state index contributed by atoms with van der Waals surface area (Å²) < 4.78 is 0. The van der Waals surface area contributed by atoms with Crippen molar-refractivity contribution >= 4 is 43.5 Å². The summed E-state index contributed by atoms with van der Waals surface area (Å²) in [6.07, 6.45) is 1.98. The molecule has 0 N–H and O–H groups in total. The molecular formula is C46H28N6. The van der Waals surface area contributed by atoms with Crippen LogP contribution in [0.2, 0.25) is 0 Å². The van der Waals surface area contributed by atoms with Crippen molar-refractivity contribution in [1.82, 2.24) is 29.9 Å². The number of nitrogens with zero attached hydrogens (tertiary/aromatic N) is 6. The third-order valence-electron chi connectivity index (χ3n) is 9.55. The van der Waals surface area contributed by atoms with Crippen LogP contribution >= 0.6 is 0 Å². The van der Waals surface area contributed by atoms with Crippen LogP contribution in [0.15, 0.2) is 170 Å². The molecule has 242 valence electrons. The van der Waals surface area contributed by atoms with E-state index in [1.165, 1.54) is 0 Å². The Labute approximate surface area is 299 Å². The van der Waals surface area contributed by atoms with Gasteiger partial charge < -0.3 is 0 Å². The lowest BCUT2D eigenvalue weighted by Crippen LogP contribution is -2.00. The molecule has 4 aromatic heterocycles. The van der Waals surface area contributed by atoms with Crippen molar-refractivity contribution in [3.8, 4) is 56.7 Å². The highest BCUT2D eigenvalue weighted by Crippen LogP contribution is 2.39. The van der Waals surface area contributed by atoms with Crippen LogP contribution in [-0.4, -0.2) is 29.9 Å². The molecule has 0 fully saturated rings. The topological polar surface area (TPSA) is 77.3 Å². The van der Waals surface area contributed by atoms with E-state index in [2.05, 4.69) is 78.9 Å². The van der Waals surface area contributed by atoms with Crippen LogP contribution in [0.3, 0.4) is 0 Å². The second kappa shape index (κ2) is 12.3. The number of aromatic nitrogens is 6. The summed E-state index contributed by atoms with van der Waals surface area (Å²) in [6.45, 7) is 0. The van der Waals surface area contributed by atoms with Crippen LogP contribution in [-0.2, 0) is 0 Å². The first-order chi connectivity index (χ1) is 25.8. The molecule has 0 spiro atoms. The van der Waals surface area contributed by atoms with E-state index in [0.29, 0.717) is 17.5 Å². The van der Waals surface area contributed by atoms with Gasteiger partial charge in [0.25, 0.3) is 0 Å². The van der Waals surface area contributed by atoms with Gasteiger partial charge in [-0.3, -0.25) is 4.98 Å². The molecule has 6 heteroatoms. The molecule has 4 heterocycles. The number of hydrogen-bond acceptors (Lipinski definition) is 6. The van der Waals surface area contributed by atoms with E-state index >= 15 is 0 Å². The highest BCUT2D eigenvalue weighted by molar-refractivity contribution is 6.23. The quantitative estimate of drug-likeness (QED) is 0.170. The Morgan fingerprint density at radius 2 is 0.865 bits per heavy atom. The third-order valence-corrected chi connectivity index (χ3v) is 9.55. The Morgan fingerprint density at radius 3 is 1.52 bits per heavy atom. The summed E-state index contributed by atoms with van der Waals surface area (Å²) in [7, 11) is 0. The molecular weight excluding hydrogens is 637 g/mol. The lowest BCUT2D eigenvalue weighted by molar-refractivity contribution is 1.07. The predicted octanol–water partition coefficient (Wildman–Crippen LogP) is 11.0. The number of pyridine rings is 3. The minimum atomic E-state index is 0.608. The maximum Gasteiger partial charge on any atom is 0.164 e. The summed E-state index contributed by atoms with van der Waals surface area (Å²) in [5.74, 6) is 1.87. The van der Waals surface area contributed by atoms with E-state index in [1.807, 2.05) is 91.1 Å². The largest absolute Gasteiger partial charge is 0.253 e. The molecule has 6 nitrogen and oxygen atoms in total. The molecule has 0 amide bonds. The lowest BCUT2D eigenvalue weighted by Gasteiger charge is -2.14. The molecule has 6 aromatic carbocycles. The smallest absolute Gasteiger partial charge is 0.164 e. The van der Waals surface area contributed by atoms with E-state index in [1.54, 1.807) is 0 Å². The second-order valence-electron chi connectivity index (χ2n) is 12.7. The zero-order chi connectivity index (χ0) is 34.4. The van der Waals surface area contributed by atoms with Crippen molar-refractivity contribution in [2.24, 2.45) is 0 Å². The van der Waals surface area contributed by atoms with Crippen molar-refractivity contribution in [2.45, 2.75) is 0 Å². The highest BCUT2D eigenvalue weighted by atomic mass is 15.0. The fourth-order valence-corrected chi connectivity index (χ4v) is 6.97. The number of fused-ring (bicyclic) bond motifs is 7. The Morgan fingerprint density at radius 1 is 0.327 bits per heavy atom. The van der Waals surface area contributed by atoms with Crippen molar-refractivity contribution in [3.05, 3.63) is 170 Å². The molecule has 0 radical (unpaired) electrons. The van der Waals surface area contributed by atoms with Gasteiger partial charge in [0.1, 0.15) is 0 Å². The van der Waals surface area contributed by atoms with Crippen molar-refractivity contribution < 1.29 is 0 Å². The molecule has 0 aliphatic carbocycles. The Hall–Kier alpha value is -7.18. The zero-order valence-electron chi connectivity index (χ0n) is 27.8. The first kappa shape index (κ1) is 29.7. The van der Waals surface area contributed by atoms with Gasteiger partial charge in [-0.2, -0.15) is 0 Å². The van der Waals surface area contributed by atoms with Crippen LogP contribution in [0.25, 0.3) is 100 Å². The Balaban J connectivity index is 1.16. The van der Waals surface area contributed by atoms with Gasteiger partial charge >= 0.3 is 0 Å². The Kier molecular flexibility index (Phi) is 7.03. The van der Waals surface area contributed by atoms with Crippen molar-refractivity contribution in [2.75, 3.05) is 0 Å². The number of para-hydroxylation sites is 1. The number of rotatable bonds is 5. The molecule has 0 bridgehead atoms. The molecule has 0 saturated carbocycles. The van der Waals surface area contributed by atoms with Gasteiger partial charge in [-0.15, -0.1) is 0 Å². The summed E-state index contributed by atoms with van der Waals surface area (Å²) in [5.41, 5.74) is 9.25. The summed E-state index contributed by atoms with van der Waals surface area (Å²) in [6, 6.07) is 55.5. The molecule has 10 rings (SSSR count). The molecule has 0 atom stereocenters. The standard InChI is InChI=1S/C46H28N6/c1-4-12-29(13-5-1)38-27-25-31-24-26-36-40-37(28-47-43(36)42(31)48-38)35-18-10-11-19-39(35)49-41(40)30-20-22-34(23-21-30)46-51-44(32-14-6-2-7-15-32)50-45(52-46)33-16-8-3-9-17-33/h1-28H. The van der Waals surface area contributed by atoms with E-state index < -0.39 is 0 Å². The van der Waals surface area contributed by atoms with Gasteiger partial charge in [0.05, 0.1) is 27.9 Å². The van der Waals surface area contributed by atoms with Crippen LogP contribution in [0.1, 0.15) is 0 Å². The Bertz CT molecular complexity index is 2870. The van der Waals surface area contributed by atoms with Gasteiger partial charge in [-0.1, -0.05) is 152 Å². The van der Waals surface area contributed by atoms with Gasteiger partial charge in [0.15, 0.2) is 17.5 Å². The SMILES string of the molecule is c1ccc(-c2ccc3ccc4c(ncc5c6ccccc6nc(-c6ccc(-c7nc(-c8ccccc8)nc(-c8ccccc8)n7)cc6)c54)c3n2)cc1. The maximum atomic E-state index is 5.29. The van der Waals surface area contributed by atoms with Gasteiger partial charge in [-0.05, 0) is 12.1 Å². The third kappa shape index (κ3) is 5.13. The first-order valence-electron chi connectivity index (χ1n) is 17.2. The molecule has 0 saturated heterocycles. The highest BCUT2D eigenvalue weighted by Gasteiger charge is 2.18. The number of benzene rings is 6. The normalized spacial score (nSPS) is 11.5. The molecule has 10 aromatic rings. The van der Waals surface area contributed by atoms with Crippen molar-refractivity contribution in [3.63, 3.8) is 0 Å². The average molecular weight is 665 g/mol. The monoisotopic (exact) mass is 664 g/mol. The summed E-state index contributed by atoms with van der Waals surface area (Å²) in [4.78, 5) is 30.2. The maximum absolute atomic E-state index is 5.29. The summed E-state index contributed by atoms with van der Waals surface area (Å²) in [5, 5.41) is 5.21. The van der Waals surface area contributed by atoms with Gasteiger partial charge in [-0.25, -0.2) is 24.9 Å². The van der Waals surface area contributed by atoms with Crippen LogP contribution in [0.5, 0.6) is 0 Å². The van der Waals surface area contributed by atoms with E-state index in [-0.39, 0.29) is 0 Å². The molecule has 0 aliphatic heterocycles. The molecule has 0 aliphatic rings. The van der Waals surface area contributed by atoms with E-state index in [0.717, 1.165) is 82.7 Å². The zero-order valence-corrected chi connectivity index (χ0v) is 27.8. The minimum absolute atomic E-state index is 0.608.